The molecule has 8 nitrogen and oxygen atoms in total. The molecule has 0 amide bonds. The van der Waals surface area contributed by atoms with Gasteiger partial charge in [0.2, 0.25) is 0 Å². The van der Waals surface area contributed by atoms with E-state index in [4.69, 9.17) is 14.5 Å². The highest BCUT2D eigenvalue weighted by atomic mass is 16.5. The second-order valence-corrected chi connectivity index (χ2v) is 8.77. The zero-order chi connectivity index (χ0) is 23.1. The number of imidazole rings is 1. The lowest BCUT2D eigenvalue weighted by atomic mass is 10.00. The Balaban J connectivity index is 1.49. The molecule has 8 heteroatoms. The Hall–Kier alpha value is -3.75. The first-order valence-electron chi connectivity index (χ1n) is 11.4. The van der Waals surface area contributed by atoms with Gasteiger partial charge in [0.15, 0.2) is 5.65 Å². The monoisotopic (exact) mass is 455 g/mol. The van der Waals surface area contributed by atoms with E-state index in [1.807, 2.05) is 65.6 Å². The van der Waals surface area contributed by atoms with E-state index < -0.39 is 0 Å². The summed E-state index contributed by atoms with van der Waals surface area (Å²) in [6, 6.07) is 15.8. The van der Waals surface area contributed by atoms with Gasteiger partial charge in [-0.1, -0.05) is 18.2 Å². The summed E-state index contributed by atoms with van der Waals surface area (Å²) in [6.45, 7) is 1.73. The van der Waals surface area contributed by atoms with Gasteiger partial charge in [-0.25, -0.2) is 19.3 Å². The smallest absolute Gasteiger partial charge is 0.334 e. The van der Waals surface area contributed by atoms with Crippen LogP contribution in [0.4, 0.5) is 0 Å². The fourth-order valence-corrected chi connectivity index (χ4v) is 4.80. The van der Waals surface area contributed by atoms with Crippen LogP contribution in [0, 0.1) is 5.92 Å². The third kappa shape index (κ3) is 3.61. The van der Waals surface area contributed by atoms with Crippen LogP contribution in [0.2, 0.25) is 0 Å². The number of rotatable bonds is 5. The van der Waals surface area contributed by atoms with E-state index in [9.17, 15) is 4.79 Å². The number of hydrogen-bond acceptors (Lipinski definition) is 5. The number of para-hydroxylation sites is 1. The van der Waals surface area contributed by atoms with Crippen LogP contribution in [0.1, 0.15) is 6.42 Å². The second-order valence-electron chi connectivity index (χ2n) is 8.77. The molecule has 1 N–H and O–H groups in total. The van der Waals surface area contributed by atoms with Crippen molar-refractivity contribution in [1.29, 1.82) is 0 Å². The molecule has 1 aromatic carbocycles. The maximum absolute atomic E-state index is 13.7. The molecule has 1 fully saturated rings. The number of aromatic nitrogens is 5. The summed E-state index contributed by atoms with van der Waals surface area (Å²) in [4.78, 5) is 26.1. The van der Waals surface area contributed by atoms with Crippen LogP contribution in [-0.4, -0.2) is 50.5 Å². The Morgan fingerprint density at radius 2 is 1.91 bits per heavy atom. The molecule has 4 aromatic heterocycles. The number of methoxy groups -OCH3 is 1. The number of hydrogen-bond donors (Lipinski definition) is 1. The normalized spacial score (nSPS) is 18.6. The quantitative estimate of drug-likeness (QED) is 0.436. The van der Waals surface area contributed by atoms with E-state index in [1.165, 1.54) is 0 Å². The average molecular weight is 456 g/mol. The van der Waals surface area contributed by atoms with Gasteiger partial charge < -0.3 is 14.5 Å². The fourth-order valence-electron chi connectivity index (χ4n) is 4.80. The first-order chi connectivity index (χ1) is 16.7. The summed E-state index contributed by atoms with van der Waals surface area (Å²) in [7, 11) is 1.70. The number of H-pyrrole nitrogens is 1. The molecule has 0 bridgehead atoms. The Kier molecular flexibility index (Phi) is 5.24. The number of nitrogens with zero attached hydrogens (tertiary/aromatic N) is 4. The Morgan fingerprint density at radius 1 is 1.09 bits per heavy atom. The first-order valence-corrected chi connectivity index (χ1v) is 11.4. The van der Waals surface area contributed by atoms with Crippen molar-refractivity contribution in [1.82, 2.24) is 24.1 Å². The highest BCUT2D eigenvalue weighted by molar-refractivity contribution is 5.84. The van der Waals surface area contributed by atoms with Crippen molar-refractivity contribution in [3.63, 3.8) is 0 Å². The molecule has 2 unspecified atom stereocenters. The Bertz CT molecular complexity index is 1520. The molecule has 1 aliphatic heterocycles. The van der Waals surface area contributed by atoms with Crippen molar-refractivity contribution in [2.75, 3.05) is 20.3 Å². The maximum Gasteiger partial charge on any atom is 0.334 e. The minimum Gasteiger partial charge on any atom is -0.379 e. The molecule has 172 valence electrons. The minimum atomic E-state index is -0.107. The summed E-state index contributed by atoms with van der Waals surface area (Å²) in [5.74, 6) is 0.174. The lowest BCUT2D eigenvalue weighted by Crippen LogP contribution is -2.35. The van der Waals surface area contributed by atoms with E-state index in [1.54, 1.807) is 11.7 Å². The number of benzene rings is 1. The van der Waals surface area contributed by atoms with Crippen LogP contribution in [0.25, 0.3) is 39.0 Å². The SMILES string of the molecule is COC1COCC(Cn2c(=O)n(-c3ccccc3)c3ncc(-c4cnc5[nH]ccc5c4)cc32)C1. The number of aromatic amines is 1. The van der Waals surface area contributed by atoms with Crippen LogP contribution in [0.15, 0.2) is 71.9 Å². The van der Waals surface area contributed by atoms with E-state index >= 15 is 0 Å². The number of nitrogens with one attached hydrogen (secondary N) is 1. The summed E-state index contributed by atoms with van der Waals surface area (Å²) in [6.07, 6.45) is 6.41. The largest absolute Gasteiger partial charge is 0.379 e. The van der Waals surface area contributed by atoms with Crippen LogP contribution >= 0.6 is 0 Å². The van der Waals surface area contributed by atoms with Crippen LogP contribution in [0.3, 0.4) is 0 Å². The molecule has 2 atom stereocenters. The lowest BCUT2D eigenvalue weighted by Gasteiger charge is -2.28. The van der Waals surface area contributed by atoms with Gasteiger partial charge in [-0.3, -0.25) is 4.57 Å². The molecule has 0 saturated carbocycles. The minimum absolute atomic E-state index is 0.0461. The third-order valence-electron chi connectivity index (χ3n) is 6.55. The predicted octanol–water partition coefficient (Wildman–Crippen LogP) is 3.78. The van der Waals surface area contributed by atoms with Crippen molar-refractivity contribution in [2.24, 2.45) is 5.92 Å². The van der Waals surface area contributed by atoms with Gasteiger partial charge in [-0.15, -0.1) is 0 Å². The highest BCUT2D eigenvalue weighted by Gasteiger charge is 2.25. The summed E-state index contributed by atoms with van der Waals surface area (Å²) in [5.41, 5.74) is 4.82. The molecule has 0 aliphatic carbocycles. The van der Waals surface area contributed by atoms with E-state index in [0.717, 1.165) is 39.8 Å². The van der Waals surface area contributed by atoms with Gasteiger partial charge in [0.1, 0.15) is 5.65 Å². The molecule has 34 heavy (non-hydrogen) atoms. The van der Waals surface area contributed by atoms with E-state index in [-0.39, 0.29) is 17.7 Å². The standard InChI is InChI=1S/C26H25N5O3/c1-33-22-9-17(15-34-16-22)14-30-23-11-20(19-10-18-7-8-27-24(18)28-12-19)13-29-25(23)31(26(30)32)21-5-3-2-4-6-21/h2-8,10-13,17,22H,9,14-16H2,1H3,(H,27,28). The highest BCUT2D eigenvalue weighted by Crippen LogP contribution is 2.27. The molecule has 0 radical (unpaired) electrons. The molecule has 1 saturated heterocycles. The van der Waals surface area contributed by atoms with Crippen molar-refractivity contribution >= 4 is 22.2 Å². The van der Waals surface area contributed by atoms with Gasteiger partial charge in [0.05, 0.1) is 30.5 Å². The van der Waals surface area contributed by atoms with E-state index in [2.05, 4.69) is 16.0 Å². The van der Waals surface area contributed by atoms with Crippen LogP contribution in [0.5, 0.6) is 0 Å². The number of ether oxygens (including phenoxy) is 2. The second kappa shape index (κ2) is 8.55. The van der Waals surface area contributed by atoms with Crippen LogP contribution in [-0.2, 0) is 16.0 Å². The van der Waals surface area contributed by atoms with Gasteiger partial charge in [0.25, 0.3) is 0 Å². The molecule has 1 aliphatic rings. The zero-order valence-electron chi connectivity index (χ0n) is 18.8. The summed E-state index contributed by atoms with van der Waals surface area (Å²) >= 11 is 0. The summed E-state index contributed by atoms with van der Waals surface area (Å²) < 4.78 is 14.8. The van der Waals surface area contributed by atoms with Gasteiger partial charge >= 0.3 is 5.69 Å². The van der Waals surface area contributed by atoms with E-state index in [0.29, 0.717) is 25.4 Å². The molecule has 5 aromatic rings. The van der Waals surface area contributed by atoms with Crippen LogP contribution < -0.4 is 5.69 Å². The molecule has 5 heterocycles. The summed E-state index contributed by atoms with van der Waals surface area (Å²) in [5, 5.41) is 1.03. The molecular weight excluding hydrogens is 430 g/mol. The van der Waals surface area contributed by atoms with Gasteiger partial charge in [0, 0.05) is 54.7 Å². The Morgan fingerprint density at radius 3 is 2.76 bits per heavy atom. The third-order valence-corrected chi connectivity index (χ3v) is 6.55. The van der Waals surface area contributed by atoms with Crippen molar-refractivity contribution in [3.8, 4) is 16.8 Å². The van der Waals surface area contributed by atoms with Gasteiger partial charge in [-0.2, -0.15) is 0 Å². The topological polar surface area (TPSA) is 87.0 Å². The van der Waals surface area contributed by atoms with Crippen molar-refractivity contribution in [2.45, 2.75) is 19.1 Å². The molecule has 0 spiro atoms. The zero-order valence-corrected chi connectivity index (χ0v) is 18.8. The number of pyridine rings is 2. The van der Waals surface area contributed by atoms with Crippen molar-refractivity contribution < 1.29 is 9.47 Å². The van der Waals surface area contributed by atoms with Crippen molar-refractivity contribution in [3.05, 3.63) is 77.6 Å². The molecular formula is C26H25N5O3. The number of fused-ring (bicyclic) bond motifs is 2. The lowest BCUT2D eigenvalue weighted by molar-refractivity contribution is -0.0586. The predicted molar refractivity (Wildman–Crippen MR) is 130 cm³/mol. The fraction of sp³-hybridized carbons (Fsp3) is 0.269. The first kappa shape index (κ1) is 20.8. The molecule has 6 rings (SSSR count). The maximum atomic E-state index is 13.7. The Labute approximate surface area is 195 Å². The average Bonchev–Trinajstić information content (AvgIpc) is 3.46. The van der Waals surface area contributed by atoms with Gasteiger partial charge in [-0.05, 0) is 36.8 Å².